The van der Waals surface area contributed by atoms with Crippen LogP contribution in [0.25, 0.3) is 0 Å². The second kappa shape index (κ2) is 10.2. The fourth-order valence-corrected chi connectivity index (χ4v) is 2.88. The van der Waals surface area contributed by atoms with E-state index >= 15 is 0 Å². The zero-order chi connectivity index (χ0) is 19.3. The van der Waals surface area contributed by atoms with Crippen molar-refractivity contribution in [1.29, 1.82) is 0 Å². The Kier molecular flexibility index (Phi) is 8.21. The monoisotopic (exact) mass is 502 g/mol. The summed E-state index contributed by atoms with van der Waals surface area (Å²) in [6, 6.07) is 6.05. The van der Waals surface area contributed by atoms with Crippen molar-refractivity contribution in [3.63, 3.8) is 0 Å². The molecule has 2 aliphatic rings. The molecule has 1 aromatic carbocycles. The summed E-state index contributed by atoms with van der Waals surface area (Å²) in [5.74, 6) is 2.76. The highest BCUT2D eigenvalue weighted by Crippen LogP contribution is 2.36. The van der Waals surface area contributed by atoms with E-state index in [0.29, 0.717) is 19.6 Å². The Balaban J connectivity index is 0.00000280. The van der Waals surface area contributed by atoms with Crippen LogP contribution in [0, 0.1) is 5.92 Å². The Morgan fingerprint density at radius 3 is 2.57 bits per heavy atom. The molecule has 0 aromatic heterocycles. The second-order valence-corrected chi connectivity index (χ2v) is 7.64. The van der Waals surface area contributed by atoms with Crippen molar-refractivity contribution in [2.45, 2.75) is 39.0 Å². The van der Waals surface area contributed by atoms with Gasteiger partial charge in [-0.2, -0.15) is 0 Å². The van der Waals surface area contributed by atoms with Crippen LogP contribution in [-0.2, 0) is 10.2 Å². The van der Waals surface area contributed by atoms with Gasteiger partial charge in [0.15, 0.2) is 17.5 Å². The lowest BCUT2D eigenvalue weighted by molar-refractivity contribution is -0.122. The van der Waals surface area contributed by atoms with E-state index in [1.165, 1.54) is 0 Å². The van der Waals surface area contributed by atoms with Gasteiger partial charge < -0.3 is 25.4 Å². The van der Waals surface area contributed by atoms with Crippen LogP contribution in [0.4, 0.5) is 0 Å². The Labute approximate surface area is 184 Å². The number of hydrogen-bond acceptors (Lipinski definition) is 4. The molecule has 0 atom stereocenters. The quantitative estimate of drug-likeness (QED) is 0.220. The normalized spacial score (nSPS) is 15.6. The fraction of sp³-hybridized carbons (Fsp3) is 0.600. The van der Waals surface area contributed by atoms with Gasteiger partial charge in [0.05, 0.1) is 6.54 Å². The minimum absolute atomic E-state index is 0. The van der Waals surface area contributed by atoms with Crippen LogP contribution in [0.15, 0.2) is 23.2 Å². The van der Waals surface area contributed by atoms with E-state index in [2.05, 4.69) is 35.9 Å². The first-order chi connectivity index (χ1) is 13.0. The SMILES string of the molecule is CCNC(=NCC(C)(C)c1ccc2c(c1)OCO2)NCCNC(=O)C1CC1.I. The predicted octanol–water partition coefficient (Wildman–Crippen LogP) is 2.39. The number of amides is 1. The number of fused-ring (bicyclic) bond motifs is 1. The van der Waals surface area contributed by atoms with Crippen molar-refractivity contribution in [3.8, 4) is 11.5 Å². The predicted molar refractivity (Wildman–Crippen MR) is 121 cm³/mol. The third-order valence-electron chi connectivity index (χ3n) is 4.80. The van der Waals surface area contributed by atoms with Gasteiger partial charge in [-0.25, -0.2) is 0 Å². The molecule has 1 amide bonds. The highest BCUT2D eigenvalue weighted by atomic mass is 127. The van der Waals surface area contributed by atoms with E-state index in [0.717, 1.165) is 42.4 Å². The summed E-state index contributed by atoms with van der Waals surface area (Å²) in [6.45, 7) is 9.29. The molecule has 3 N–H and O–H groups in total. The Morgan fingerprint density at radius 2 is 1.86 bits per heavy atom. The number of rotatable bonds is 8. The highest BCUT2D eigenvalue weighted by Gasteiger charge is 2.29. The Bertz CT molecular complexity index is 705. The van der Waals surface area contributed by atoms with Gasteiger partial charge in [0.1, 0.15) is 0 Å². The molecule has 0 radical (unpaired) electrons. The summed E-state index contributed by atoms with van der Waals surface area (Å²) in [7, 11) is 0. The first-order valence-electron chi connectivity index (χ1n) is 9.69. The molecule has 1 heterocycles. The van der Waals surface area contributed by atoms with Gasteiger partial charge in [-0.05, 0) is 37.5 Å². The molecule has 28 heavy (non-hydrogen) atoms. The molecule has 3 rings (SSSR count). The third-order valence-corrected chi connectivity index (χ3v) is 4.80. The summed E-state index contributed by atoms with van der Waals surface area (Å²) < 4.78 is 10.9. The van der Waals surface area contributed by atoms with Crippen LogP contribution < -0.4 is 25.4 Å². The lowest BCUT2D eigenvalue weighted by Gasteiger charge is -2.24. The van der Waals surface area contributed by atoms with Crippen LogP contribution >= 0.6 is 24.0 Å². The standard InChI is InChI=1S/C20H30N4O3.HI/c1-4-21-19(23-10-9-22-18(25)14-5-6-14)24-12-20(2,3)15-7-8-16-17(11-15)27-13-26-16;/h7-8,11,14H,4-6,9-10,12-13H2,1-3H3,(H,22,25)(H2,21,23,24);1H. The van der Waals surface area contributed by atoms with Gasteiger partial charge in [-0.3, -0.25) is 9.79 Å². The van der Waals surface area contributed by atoms with Crippen LogP contribution in [-0.4, -0.2) is 44.8 Å². The minimum atomic E-state index is -0.149. The van der Waals surface area contributed by atoms with Gasteiger partial charge >= 0.3 is 0 Å². The highest BCUT2D eigenvalue weighted by molar-refractivity contribution is 14.0. The minimum Gasteiger partial charge on any atom is -0.454 e. The Morgan fingerprint density at radius 1 is 1.14 bits per heavy atom. The molecule has 1 saturated carbocycles. The summed E-state index contributed by atoms with van der Waals surface area (Å²) in [5, 5.41) is 9.49. The number of nitrogens with one attached hydrogen (secondary N) is 3. The summed E-state index contributed by atoms with van der Waals surface area (Å²) in [4.78, 5) is 16.4. The number of nitrogens with zero attached hydrogens (tertiary/aromatic N) is 1. The number of aliphatic imine (C=N–C) groups is 1. The molecule has 7 nitrogen and oxygen atoms in total. The molecule has 1 aromatic rings. The number of benzene rings is 1. The van der Waals surface area contributed by atoms with Crippen LogP contribution in [0.3, 0.4) is 0 Å². The van der Waals surface area contributed by atoms with E-state index < -0.39 is 0 Å². The summed E-state index contributed by atoms with van der Waals surface area (Å²) >= 11 is 0. The van der Waals surface area contributed by atoms with Crippen molar-refractivity contribution in [2.75, 3.05) is 33.0 Å². The van der Waals surface area contributed by atoms with Gasteiger partial charge in [0, 0.05) is 31.0 Å². The molecule has 1 fully saturated rings. The molecule has 0 spiro atoms. The van der Waals surface area contributed by atoms with Crippen LogP contribution in [0.2, 0.25) is 0 Å². The molecular weight excluding hydrogens is 471 g/mol. The third kappa shape index (κ3) is 6.15. The second-order valence-electron chi connectivity index (χ2n) is 7.64. The van der Waals surface area contributed by atoms with Gasteiger partial charge in [-0.15, -0.1) is 24.0 Å². The van der Waals surface area contributed by atoms with Crippen LogP contribution in [0.1, 0.15) is 39.2 Å². The van der Waals surface area contributed by atoms with Gasteiger partial charge in [0.25, 0.3) is 0 Å². The first-order valence-corrected chi connectivity index (χ1v) is 9.69. The lowest BCUT2D eigenvalue weighted by Crippen LogP contribution is -2.42. The largest absolute Gasteiger partial charge is 0.454 e. The van der Waals surface area contributed by atoms with Crippen molar-refractivity contribution in [2.24, 2.45) is 10.9 Å². The van der Waals surface area contributed by atoms with E-state index in [1.807, 2.05) is 19.1 Å². The number of halogens is 1. The van der Waals surface area contributed by atoms with Crippen molar-refractivity contribution in [1.82, 2.24) is 16.0 Å². The lowest BCUT2D eigenvalue weighted by atomic mass is 9.84. The molecule has 0 unspecified atom stereocenters. The Hall–Kier alpha value is -1.71. The van der Waals surface area contributed by atoms with Gasteiger partial charge in [0.2, 0.25) is 12.7 Å². The maximum Gasteiger partial charge on any atom is 0.231 e. The zero-order valence-electron chi connectivity index (χ0n) is 16.8. The number of ether oxygens (including phenoxy) is 2. The topological polar surface area (TPSA) is 84.0 Å². The zero-order valence-corrected chi connectivity index (χ0v) is 19.2. The number of carbonyl (C=O) groups excluding carboxylic acids is 1. The first kappa shape index (κ1) is 22.6. The van der Waals surface area contributed by atoms with Crippen LogP contribution in [0.5, 0.6) is 11.5 Å². The average Bonchev–Trinajstić information content (AvgIpc) is 3.40. The van der Waals surface area contributed by atoms with E-state index in [9.17, 15) is 4.79 Å². The number of hydrogen-bond donors (Lipinski definition) is 3. The summed E-state index contributed by atoms with van der Waals surface area (Å²) in [5.41, 5.74) is 1.01. The van der Waals surface area contributed by atoms with Crippen molar-refractivity contribution in [3.05, 3.63) is 23.8 Å². The van der Waals surface area contributed by atoms with E-state index in [1.54, 1.807) is 0 Å². The van der Waals surface area contributed by atoms with Crippen molar-refractivity contribution >= 4 is 35.8 Å². The smallest absolute Gasteiger partial charge is 0.231 e. The number of carbonyl (C=O) groups is 1. The fourth-order valence-electron chi connectivity index (χ4n) is 2.88. The molecule has 0 bridgehead atoms. The van der Waals surface area contributed by atoms with Crippen molar-refractivity contribution < 1.29 is 14.3 Å². The molecule has 1 aliphatic heterocycles. The molecule has 8 heteroatoms. The molecular formula is C20H31IN4O3. The molecule has 0 saturated heterocycles. The average molecular weight is 502 g/mol. The van der Waals surface area contributed by atoms with Gasteiger partial charge in [-0.1, -0.05) is 19.9 Å². The maximum absolute atomic E-state index is 11.7. The number of guanidine groups is 1. The summed E-state index contributed by atoms with van der Waals surface area (Å²) in [6.07, 6.45) is 2.05. The maximum atomic E-state index is 11.7. The molecule has 156 valence electrons. The molecule has 1 aliphatic carbocycles. The van der Waals surface area contributed by atoms with E-state index in [4.69, 9.17) is 14.5 Å². The van der Waals surface area contributed by atoms with E-state index in [-0.39, 0.29) is 48.0 Å².